The number of aliphatic hydroxyl groups excluding tert-OH is 2. The first-order chi connectivity index (χ1) is 21.1. The lowest BCUT2D eigenvalue weighted by Gasteiger charge is -2.14. The van der Waals surface area contributed by atoms with Crippen LogP contribution in [-0.4, -0.2) is 34.2 Å². The van der Waals surface area contributed by atoms with E-state index >= 15 is 0 Å². The third-order valence-corrected chi connectivity index (χ3v) is 6.63. The molecule has 0 spiro atoms. The van der Waals surface area contributed by atoms with Crippen molar-refractivity contribution < 1.29 is 19.8 Å². The Labute approximate surface area is 255 Å². The van der Waals surface area contributed by atoms with Gasteiger partial charge in [-0.1, -0.05) is 48.5 Å². The molecule has 44 heavy (non-hydrogen) atoms. The monoisotopic (exact) mass is 590 g/mol. The van der Waals surface area contributed by atoms with Crippen LogP contribution in [0.5, 0.6) is 0 Å². The van der Waals surface area contributed by atoms with Crippen LogP contribution in [0.15, 0.2) is 129 Å². The number of allylic oxidation sites excluding steroid dienone is 1. The molecule has 0 aliphatic carbocycles. The van der Waals surface area contributed by atoms with Crippen LogP contribution < -0.4 is 10.6 Å². The molecule has 2 atom stereocenters. The van der Waals surface area contributed by atoms with E-state index in [-0.39, 0.29) is 11.5 Å². The number of carbonyl (C=O) groups excluding carboxylic acids is 2. The number of nitrogens with one attached hydrogen (secondary N) is 2. The molecule has 10 heteroatoms. The van der Waals surface area contributed by atoms with E-state index < -0.39 is 24.0 Å². The van der Waals surface area contributed by atoms with Crippen LogP contribution >= 0.6 is 0 Å². The molecule has 0 aliphatic rings. The van der Waals surface area contributed by atoms with Crippen molar-refractivity contribution in [2.75, 3.05) is 10.6 Å². The van der Waals surface area contributed by atoms with Gasteiger partial charge in [-0.15, -0.1) is 10.2 Å². The van der Waals surface area contributed by atoms with E-state index in [0.29, 0.717) is 22.7 Å². The number of aliphatic hydroxyl groups is 2. The summed E-state index contributed by atoms with van der Waals surface area (Å²) in [6.45, 7) is 6.64. The van der Waals surface area contributed by atoms with E-state index in [2.05, 4.69) is 31.1 Å². The molecule has 0 fully saturated rings. The van der Waals surface area contributed by atoms with Crippen molar-refractivity contribution >= 4 is 34.6 Å². The average molecular weight is 591 g/mol. The first kappa shape index (κ1) is 31.5. The largest absolute Gasteiger partial charge is 0.510 e. The van der Waals surface area contributed by atoms with Gasteiger partial charge in [-0.3, -0.25) is 9.59 Å². The minimum Gasteiger partial charge on any atom is -0.510 e. The number of rotatable bonds is 10. The molecule has 0 aromatic heterocycles. The van der Waals surface area contributed by atoms with Crippen LogP contribution in [0.2, 0.25) is 0 Å². The maximum atomic E-state index is 12.7. The lowest BCUT2D eigenvalue weighted by atomic mass is 10.0. The lowest BCUT2D eigenvalue weighted by molar-refractivity contribution is -0.119. The van der Waals surface area contributed by atoms with Crippen molar-refractivity contribution in [3.05, 3.63) is 120 Å². The van der Waals surface area contributed by atoms with Gasteiger partial charge in [-0.2, -0.15) is 10.2 Å². The molecule has 2 unspecified atom stereocenters. The van der Waals surface area contributed by atoms with Gasteiger partial charge in [0, 0.05) is 11.4 Å². The second kappa shape index (κ2) is 14.6. The van der Waals surface area contributed by atoms with Gasteiger partial charge in [0.15, 0.2) is 11.7 Å². The van der Waals surface area contributed by atoms with E-state index in [1.807, 2.05) is 50.2 Å². The highest BCUT2D eigenvalue weighted by atomic mass is 16.3. The van der Waals surface area contributed by atoms with E-state index in [1.165, 1.54) is 13.8 Å². The normalized spacial score (nSPS) is 13.4. The van der Waals surface area contributed by atoms with E-state index in [4.69, 9.17) is 0 Å². The molecular weight excluding hydrogens is 556 g/mol. The van der Waals surface area contributed by atoms with Gasteiger partial charge in [-0.05, 0) is 98.5 Å². The summed E-state index contributed by atoms with van der Waals surface area (Å²) in [7, 11) is 0. The predicted molar refractivity (Wildman–Crippen MR) is 171 cm³/mol. The lowest BCUT2D eigenvalue weighted by Crippen LogP contribution is -2.34. The van der Waals surface area contributed by atoms with Crippen LogP contribution in [-0.2, 0) is 9.59 Å². The molecule has 0 saturated carbocycles. The quantitative estimate of drug-likeness (QED) is 0.0842. The molecule has 0 aliphatic heterocycles. The number of azo groups is 2. The van der Waals surface area contributed by atoms with Gasteiger partial charge >= 0.3 is 0 Å². The zero-order valence-corrected chi connectivity index (χ0v) is 24.9. The summed E-state index contributed by atoms with van der Waals surface area (Å²) < 4.78 is 0. The van der Waals surface area contributed by atoms with Crippen LogP contribution in [0.25, 0.3) is 11.1 Å². The Morgan fingerprint density at radius 1 is 0.727 bits per heavy atom. The fraction of sp³-hybridized carbons (Fsp3) is 0.176. The summed E-state index contributed by atoms with van der Waals surface area (Å²) in [5, 5.41) is 42.3. The third-order valence-electron chi connectivity index (χ3n) is 6.63. The summed E-state index contributed by atoms with van der Waals surface area (Å²) >= 11 is 0. The molecule has 4 rings (SSSR count). The second-order valence-corrected chi connectivity index (χ2v) is 10.2. The number of hydrogen-bond acceptors (Lipinski definition) is 8. The number of carbonyl (C=O) groups is 2. The standard InChI is InChI=1S/C34H34N6O4/c1-21-19-25(15-17-29(21)37-39-31(23(3)41)33(43)35-27-11-7-5-8-12-27)26-16-18-30(22(2)20-26)38-40-32(24(4)42)34(44)36-28-13-9-6-10-14-28/h5-20,23,31,41-42H,1-4H3,(H,35,43)(H,36,44)/b32-24+,39-37+,40-38+. The van der Waals surface area contributed by atoms with Crippen LogP contribution in [0.1, 0.15) is 25.0 Å². The van der Waals surface area contributed by atoms with Gasteiger partial charge in [0.2, 0.25) is 0 Å². The summed E-state index contributed by atoms with van der Waals surface area (Å²) in [5.41, 5.74) is 5.61. The third kappa shape index (κ3) is 8.30. The maximum absolute atomic E-state index is 12.7. The second-order valence-electron chi connectivity index (χ2n) is 10.2. The fourth-order valence-corrected chi connectivity index (χ4v) is 4.22. The molecule has 4 aromatic rings. The molecule has 224 valence electrons. The zero-order chi connectivity index (χ0) is 31.6. The number of hydrogen-bond donors (Lipinski definition) is 4. The Morgan fingerprint density at radius 2 is 1.23 bits per heavy atom. The summed E-state index contributed by atoms with van der Waals surface area (Å²) in [6.07, 6.45) is -1.04. The summed E-state index contributed by atoms with van der Waals surface area (Å²) in [6, 6.07) is 28.0. The molecule has 0 bridgehead atoms. The van der Waals surface area contributed by atoms with E-state index in [0.717, 1.165) is 22.3 Å². The number of anilines is 2. The van der Waals surface area contributed by atoms with Gasteiger partial charge in [-0.25, -0.2) is 0 Å². The number of amides is 2. The van der Waals surface area contributed by atoms with Gasteiger partial charge in [0.1, 0.15) is 5.76 Å². The Kier molecular flexibility index (Phi) is 10.4. The average Bonchev–Trinajstić information content (AvgIpc) is 2.99. The number of benzene rings is 4. The van der Waals surface area contributed by atoms with Crippen molar-refractivity contribution in [3.8, 4) is 11.1 Å². The fourth-order valence-electron chi connectivity index (χ4n) is 4.22. The Balaban J connectivity index is 1.47. The van der Waals surface area contributed by atoms with Crippen molar-refractivity contribution in [2.45, 2.75) is 39.8 Å². The van der Waals surface area contributed by atoms with Crippen molar-refractivity contribution in [1.29, 1.82) is 0 Å². The molecule has 4 aromatic carbocycles. The van der Waals surface area contributed by atoms with E-state index in [1.54, 1.807) is 60.7 Å². The molecule has 4 N–H and O–H groups in total. The van der Waals surface area contributed by atoms with Crippen LogP contribution in [0.4, 0.5) is 22.7 Å². The maximum Gasteiger partial charge on any atom is 0.279 e. The smallest absolute Gasteiger partial charge is 0.279 e. The Bertz CT molecular complexity index is 1710. The highest BCUT2D eigenvalue weighted by molar-refractivity contribution is 6.03. The van der Waals surface area contributed by atoms with Gasteiger partial charge in [0.25, 0.3) is 11.8 Å². The number of para-hydroxylation sites is 2. The minimum atomic E-state index is -1.08. The SMILES string of the molecule is C/C(O)=C(\N=N\c1ccc(-c2ccc(/N=N/C(C(=O)Nc3ccccc3)C(C)O)c(C)c2)cc1C)C(=O)Nc1ccccc1. The van der Waals surface area contributed by atoms with Crippen LogP contribution in [0.3, 0.4) is 0 Å². The summed E-state index contributed by atoms with van der Waals surface area (Å²) in [5.74, 6) is -1.27. The highest BCUT2D eigenvalue weighted by Crippen LogP contribution is 2.31. The Hall–Kier alpha value is -5.48. The molecular formula is C34H34N6O4. The number of nitrogens with zero attached hydrogens (tertiary/aromatic N) is 4. The van der Waals surface area contributed by atoms with Crippen molar-refractivity contribution in [2.24, 2.45) is 20.5 Å². The first-order valence-corrected chi connectivity index (χ1v) is 14.0. The van der Waals surface area contributed by atoms with Crippen molar-refractivity contribution in [1.82, 2.24) is 0 Å². The van der Waals surface area contributed by atoms with Gasteiger partial charge in [0.05, 0.1) is 17.5 Å². The molecule has 0 saturated heterocycles. The van der Waals surface area contributed by atoms with Crippen molar-refractivity contribution in [3.63, 3.8) is 0 Å². The van der Waals surface area contributed by atoms with E-state index in [9.17, 15) is 19.8 Å². The molecule has 0 radical (unpaired) electrons. The van der Waals surface area contributed by atoms with Gasteiger partial charge < -0.3 is 20.8 Å². The Morgan fingerprint density at radius 3 is 1.70 bits per heavy atom. The number of aryl methyl sites for hydroxylation is 2. The predicted octanol–water partition coefficient (Wildman–Crippen LogP) is 7.95. The molecule has 0 heterocycles. The topological polar surface area (TPSA) is 148 Å². The summed E-state index contributed by atoms with van der Waals surface area (Å²) in [4.78, 5) is 25.4. The minimum absolute atomic E-state index is 0.187. The van der Waals surface area contributed by atoms with Crippen LogP contribution in [0, 0.1) is 13.8 Å². The molecule has 2 amide bonds. The zero-order valence-electron chi connectivity index (χ0n) is 24.9. The molecule has 10 nitrogen and oxygen atoms in total. The highest BCUT2D eigenvalue weighted by Gasteiger charge is 2.23. The first-order valence-electron chi connectivity index (χ1n) is 14.0.